The van der Waals surface area contributed by atoms with Crippen molar-refractivity contribution in [3.05, 3.63) is 42.0 Å². The van der Waals surface area contributed by atoms with Gasteiger partial charge in [-0.15, -0.1) is 0 Å². The number of hydrogen-bond donors (Lipinski definition) is 3. The SMILES string of the molecule is CCO[C@H](CC/C=C/C(=O)O)[C@H](O)c1cccc(OCCO)c1. The number of aliphatic hydroxyl groups is 2. The Morgan fingerprint density at radius 1 is 1.39 bits per heavy atom. The van der Waals surface area contributed by atoms with Crippen molar-refractivity contribution in [3.8, 4) is 5.75 Å². The number of benzene rings is 1. The van der Waals surface area contributed by atoms with Gasteiger partial charge in [-0.25, -0.2) is 4.79 Å². The molecular formula is C17H24O6. The number of carboxylic acids is 1. The summed E-state index contributed by atoms with van der Waals surface area (Å²) in [7, 11) is 0. The van der Waals surface area contributed by atoms with Gasteiger partial charge in [-0.3, -0.25) is 0 Å². The van der Waals surface area contributed by atoms with Crippen molar-refractivity contribution in [2.45, 2.75) is 32.0 Å². The lowest BCUT2D eigenvalue weighted by atomic mass is 10.00. The van der Waals surface area contributed by atoms with Crippen molar-refractivity contribution in [1.82, 2.24) is 0 Å². The van der Waals surface area contributed by atoms with Crippen LogP contribution in [0, 0.1) is 0 Å². The van der Waals surface area contributed by atoms with Crippen molar-refractivity contribution in [2.75, 3.05) is 19.8 Å². The summed E-state index contributed by atoms with van der Waals surface area (Å²) < 4.78 is 10.9. The molecule has 0 fully saturated rings. The molecule has 1 aromatic carbocycles. The van der Waals surface area contributed by atoms with Gasteiger partial charge in [-0.05, 0) is 37.5 Å². The van der Waals surface area contributed by atoms with Crippen molar-refractivity contribution < 1.29 is 29.6 Å². The first-order valence-corrected chi connectivity index (χ1v) is 7.61. The molecule has 0 radical (unpaired) electrons. The zero-order valence-corrected chi connectivity index (χ0v) is 13.2. The Morgan fingerprint density at radius 3 is 2.83 bits per heavy atom. The molecule has 1 rings (SSSR count). The van der Waals surface area contributed by atoms with E-state index in [1.54, 1.807) is 30.3 Å². The first-order valence-electron chi connectivity index (χ1n) is 7.61. The van der Waals surface area contributed by atoms with Crippen LogP contribution in [0.2, 0.25) is 0 Å². The predicted octanol–water partition coefficient (Wildman–Crippen LogP) is 1.92. The molecule has 0 heterocycles. The van der Waals surface area contributed by atoms with Crippen LogP contribution in [0.15, 0.2) is 36.4 Å². The molecule has 0 spiro atoms. The summed E-state index contributed by atoms with van der Waals surface area (Å²) in [4.78, 5) is 10.4. The second-order valence-corrected chi connectivity index (χ2v) is 4.90. The number of aliphatic hydroxyl groups excluding tert-OH is 2. The van der Waals surface area contributed by atoms with Gasteiger partial charge in [0.15, 0.2) is 0 Å². The highest BCUT2D eigenvalue weighted by Gasteiger charge is 2.21. The highest BCUT2D eigenvalue weighted by Crippen LogP contribution is 2.26. The summed E-state index contributed by atoms with van der Waals surface area (Å²) in [6, 6.07) is 6.99. The lowest BCUT2D eigenvalue weighted by Crippen LogP contribution is -2.22. The van der Waals surface area contributed by atoms with E-state index >= 15 is 0 Å². The minimum Gasteiger partial charge on any atom is -0.491 e. The van der Waals surface area contributed by atoms with Crippen LogP contribution < -0.4 is 4.74 Å². The fourth-order valence-corrected chi connectivity index (χ4v) is 2.16. The van der Waals surface area contributed by atoms with Crippen LogP contribution in [0.5, 0.6) is 5.75 Å². The van der Waals surface area contributed by atoms with Crippen molar-refractivity contribution in [3.63, 3.8) is 0 Å². The maximum Gasteiger partial charge on any atom is 0.327 e. The van der Waals surface area contributed by atoms with Gasteiger partial charge in [0.05, 0.1) is 12.7 Å². The number of carboxylic acid groups (broad SMARTS) is 1. The molecule has 6 heteroatoms. The standard InChI is InChI=1S/C17H24O6/c1-2-22-15(8-3-4-9-16(19)20)17(21)13-6-5-7-14(12-13)23-11-10-18/h4-7,9,12,15,17-18,21H,2-3,8,10-11H2,1H3,(H,19,20)/b9-4+/t15-,17-/m1/s1. The molecule has 0 amide bonds. The monoisotopic (exact) mass is 324 g/mol. The fourth-order valence-electron chi connectivity index (χ4n) is 2.16. The molecule has 0 saturated heterocycles. The molecule has 1 aromatic rings. The van der Waals surface area contributed by atoms with E-state index in [4.69, 9.17) is 19.7 Å². The van der Waals surface area contributed by atoms with Crippen molar-refractivity contribution in [1.29, 1.82) is 0 Å². The van der Waals surface area contributed by atoms with Crippen LogP contribution in [-0.4, -0.2) is 47.2 Å². The quantitative estimate of drug-likeness (QED) is 0.538. The van der Waals surface area contributed by atoms with E-state index in [1.807, 2.05) is 6.92 Å². The van der Waals surface area contributed by atoms with Gasteiger partial charge in [0.1, 0.15) is 18.5 Å². The second-order valence-electron chi connectivity index (χ2n) is 4.90. The maximum atomic E-state index is 10.5. The number of aliphatic carboxylic acids is 1. The number of allylic oxidation sites excluding steroid dienone is 1. The Labute approximate surface area is 136 Å². The van der Waals surface area contributed by atoms with E-state index < -0.39 is 18.2 Å². The smallest absolute Gasteiger partial charge is 0.327 e. The lowest BCUT2D eigenvalue weighted by Gasteiger charge is -2.23. The Morgan fingerprint density at radius 2 is 2.17 bits per heavy atom. The van der Waals surface area contributed by atoms with E-state index in [0.29, 0.717) is 30.8 Å². The van der Waals surface area contributed by atoms with Crippen LogP contribution in [0.4, 0.5) is 0 Å². The highest BCUT2D eigenvalue weighted by atomic mass is 16.5. The topological polar surface area (TPSA) is 96.2 Å². The third-order valence-electron chi connectivity index (χ3n) is 3.17. The minimum atomic E-state index is -0.993. The van der Waals surface area contributed by atoms with E-state index in [9.17, 15) is 9.90 Å². The fraction of sp³-hybridized carbons (Fsp3) is 0.471. The zero-order chi connectivity index (χ0) is 17.1. The number of hydrogen-bond acceptors (Lipinski definition) is 5. The van der Waals surface area contributed by atoms with Gasteiger partial charge in [0.25, 0.3) is 0 Å². The Kier molecular flexibility index (Phi) is 8.97. The van der Waals surface area contributed by atoms with E-state index in [2.05, 4.69) is 0 Å². The summed E-state index contributed by atoms with van der Waals surface area (Å²) in [5.41, 5.74) is 0.654. The zero-order valence-electron chi connectivity index (χ0n) is 13.2. The second kappa shape index (κ2) is 10.8. The van der Waals surface area contributed by atoms with Gasteiger partial charge >= 0.3 is 5.97 Å². The molecule has 0 aliphatic carbocycles. The third kappa shape index (κ3) is 7.27. The van der Waals surface area contributed by atoms with E-state index in [0.717, 1.165) is 6.08 Å². The van der Waals surface area contributed by atoms with Crippen molar-refractivity contribution in [2.24, 2.45) is 0 Å². The van der Waals surface area contributed by atoms with Crippen LogP contribution in [-0.2, 0) is 9.53 Å². The summed E-state index contributed by atoms with van der Waals surface area (Å²) in [6.45, 7) is 2.40. The number of ether oxygens (including phenoxy) is 2. The lowest BCUT2D eigenvalue weighted by molar-refractivity contribution is -0.131. The van der Waals surface area contributed by atoms with Crippen molar-refractivity contribution >= 4 is 5.97 Å². The molecule has 6 nitrogen and oxygen atoms in total. The van der Waals surface area contributed by atoms with Gasteiger partial charge in [0, 0.05) is 12.7 Å². The molecule has 3 N–H and O–H groups in total. The molecular weight excluding hydrogens is 300 g/mol. The Bertz CT molecular complexity index is 500. The normalized spacial score (nSPS) is 13.9. The van der Waals surface area contributed by atoms with Crippen LogP contribution in [0.1, 0.15) is 31.4 Å². The molecule has 0 aliphatic rings. The Hall–Kier alpha value is -1.89. The predicted molar refractivity (Wildman–Crippen MR) is 85.4 cm³/mol. The molecule has 0 unspecified atom stereocenters. The molecule has 0 aromatic heterocycles. The first kappa shape index (κ1) is 19.2. The van der Waals surface area contributed by atoms with E-state index in [1.165, 1.54) is 0 Å². The molecule has 128 valence electrons. The van der Waals surface area contributed by atoms with Gasteiger partial charge in [0.2, 0.25) is 0 Å². The number of rotatable bonds is 11. The molecule has 2 atom stereocenters. The number of carbonyl (C=O) groups is 1. The minimum absolute atomic E-state index is 0.0791. The van der Waals surface area contributed by atoms with Crippen LogP contribution in [0.3, 0.4) is 0 Å². The summed E-state index contributed by atoms with van der Waals surface area (Å²) in [5.74, 6) is -0.427. The maximum absolute atomic E-state index is 10.5. The first-order chi connectivity index (χ1) is 11.1. The molecule has 0 aliphatic heterocycles. The highest BCUT2D eigenvalue weighted by molar-refractivity contribution is 5.79. The Balaban J connectivity index is 2.71. The van der Waals surface area contributed by atoms with Crippen LogP contribution in [0.25, 0.3) is 0 Å². The third-order valence-corrected chi connectivity index (χ3v) is 3.17. The molecule has 23 heavy (non-hydrogen) atoms. The largest absolute Gasteiger partial charge is 0.491 e. The summed E-state index contributed by atoms with van der Waals surface area (Å²) in [6.07, 6.45) is 2.34. The summed E-state index contributed by atoms with van der Waals surface area (Å²) in [5, 5.41) is 27.9. The van der Waals surface area contributed by atoms with Gasteiger partial charge in [-0.1, -0.05) is 18.2 Å². The molecule has 0 saturated carbocycles. The van der Waals surface area contributed by atoms with E-state index in [-0.39, 0.29) is 13.2 Å². The average molecular weight is 324 g/mol. The van der Waals surface area contributed by atoms with Gasteiger partial charge < -0.3 is 24.8 Å². The van der Waals surface area contributed by atoms with Gasteiger partial charge in [-0.2, -0.15) is 0 Å². The summed E-state index contributed by atoms with van der Waals surface area (Å²) >= 11 is 0. The molecule has 0 bridgehead atoms. The van der Waals surface area contributed by atoms with Crippen LogP contribution >= 0.6 is 0 Å². The average Bonchev–Trinajstić information content (AvgIpc) is 2.55.